The van der Waals surface area contributed by atoms with Crippen LogP contribution < -0.4 is 10.2 Å². The third kappa shape index (κ3) is 5.68. The van der Waals surface area contributed by atoms with Gasteiger partial charge in [-0.05, 0) is 66.8 Å². The number of amides is 1. The molecule has 3 heterocycles. The maximum atomic E-state index is 13.2. The van der Waals surface area contributed by atoms with Crippen LogP contribution in [0.2, 0.25) is 0 Å². The zero-order chi connectivity index (χ0) is 26.7. The van der Waals surface area contributed by atoms with Crippen molar-refractivity contribution < 1.29 is 14.0 Å². The van der Waals surface area contributed by atoms with Gasteiger partial charge < -0.3 is 15.1 Å². The van der Waals surface area contributed by atoms with Crippen LogP contribution >= 0.6 is 11.6 Å². The van der Waals surface area contributed by atoms with Crippen molar-refractivity contribution in [2.24, 2.45) is 10.9 Å². The molecule has 1 unspecified atom stereocenters. The van der Waals surface area contributed by atoms with E-state index in [1.807, 2.05) is 36.2 Å². The average Bonchev–Trinajstić information content (AvgIpc) is 3.32. The zero-order valence-electron chi connectivity index (χ0n) is 21.5. The van der Waals surface area contributed by atoms with Gasteiger partial charge in [0.2, 0.25) is 5.91 Å². The van der Waals surface area contributed by atoms with E-state index >= 15 is 0 Å². The van der Waals surface area contributed by atoms with Crippen LogP contribution in [0.15, 0.2) is 76.9 Å². The first-order chi connectivity index (χ1) is 18.3. The third-order valence-electron chi connectivity index (χ3n) is 7.73. The molecule has 5 rings (SSSR count). The van der Waals surface area contributed by atoms with Gasteiger partial charge in [-0.1, -0.05) is 42.8 Å². The fourth-order valence-corrected chi connectivity index (χ4v) is 5.51. The van der Waals surface area contributed by atoms with Gasteiger partial charge >= 0.3 is 0 Å². The van der Waals surface area contributed by atoms with Gasteiger partial charge in [-0.3, -0.25) is 9.59 Å². The van der Waals surface area contributed by atoms with Crippen LogP contribution in [0.5, 0.6) is 0 Å². The maximum Gasteiger partial charge on any atom is 0.250 e. The Morgan fingerprint density at radius 1 is 1.05 bits per heavy atom. The molecule has 0 spiro atoms. The molecule has 0 bridgehead atoms. The van der Waals surface area contributed by atoms with E-state index in [2.05, 4.69) is 22.3 Å². The van der Waals surface area contributed by atoms with Gasteiger partial charge in [0.1, 0.15) is 17.4 Å². The summed E-state index contributed by atoms with van der Waals surface area (Å²) in [4.78, 5) is 34.8. The minimum Gasteiger partial charge on any atom is -0.371 e. The number of anilines is 1. The molecule has 2 aromatic carbocycles. The number of allylic oxidation sites excluding steroid dienone is 2. The molecule has 1 saturated heterocycles. The number of aliphatic imine (C=N–C) groups is 1. The van der Waals surface area contributed by atoms with Crippen molar-refractivity contribution in [1.29, 1.82) is 0 Å². The monoisotopic (exact) mass is 534 g/mol. The van der Waals surface area contributed by atoms with Crippen molar-refractivity contribution in [2.45, 2.75) is 44.7 Å². The smallest absolute Gasteiger partial charge is 0.250 e. The molecule has 1 atom stereocenters. The van der Waals surface area contributed by atoms with E-state index in [0.29, 0.717) is 31.0 Å². The van der Waals surface area contributed by atoms with Gasteiger partial charge in [-0.25, -0.2) is 9.38 Å². The van der Waals surface area contributed by atoms with Crippen LogP contribution in [0, 0.1) is 11.7 Å². The molecular weight excluding hydrogens is 503 g/mol. The summed E-state index contributed by atoms with van der Waals surface area (Å²) in [5.74, 6) is 0.657. The van der Waals surface area contributed by atoms with E-state index in [9.17, 15) is 14.0 Å². The highest BCUT2D eigenvalue weighted by Crippen LogP contribution is 2.30. The molecule has 3 aliphatic heterocycles. The minimum absolute atomic E-state index is 0.0398. The molecular formula is C30H32ClFN4O2. The number of amidine groups is 1. The van der Waals surface area contributed by atoms with Crippen molar-refractivity contribution in [3.8, 4) is 0 Å². The molecule has 0 aliphatic carbocycles. The second-order valence-corrected chi connectivity index (χ2v) is 10.6. The van der Waals surface area contributed by atoms with Crippen molar-refractivity contribution in [3.63, 3.8) is 0 Å². The molecule has 1 fully saturated rings. The Hall–Kier alpha value is -3.45. The number of nitrogens with one attached hydrogen (secondary N) is 1. The molecule has 3 aliphatic rings. The second kappa shape index (κ2) is 11.1. The summed E-state index contributed by atoms with van der Waals surface area (Å²) in [6, 6.07) is 14.4. The van der Waals surface area contributed by atoms with Gasteiger partial charge in [0.15, 0.2) is 5.54 Å². The summed E-state index contributed by atoms with van der Waals surface area (Å²) >= 11 is 6.11. The van der Waals surface area contributed by atoms with Crippen LogP contribution in [0.3, 0.4) is 0 Å². The normalized spacial score (nSPS) is 21.1. The van der Waals surface area contributed by atoms with E-state index in [-0.39, 0.29) is 23.4 Å². The SMILES string of the molecule is CCC1(C(=O)NCc2ccc(N3CCC(C(=O)Cc4ccc(F)cc4)CC3)cc2)CN2C=C(Cl)C=CC2=N1. The highest BCUT2D eigenvalue weighted by Gasteiger charge is 2.43. The first-order valence-corrected chi connectivity index (χ1v) is 13.5. The van der Waals surface area contributed by atoms with Crippen LogP contribution in [-0.4, -0.2) is 47.6 Å². The Labute approximate surface area is 227 Å². The van der Waals surface area contributed by atoms with Gasteiger partial charge in [0.05, 0.1) is 11.6 Å². The third-order valence-corrected chi connectivity index (χ3v) is 7.95. The van der Waals surface area contributed by atoms with E-state index in [4.69, 9.17) is 16.6 Å². The summed E-state index contributed by atoms with van der Waals surface area (Å²) < 4.78 is 13.1. The summed E-state index contributed by atoms with van der Waals surface area (Å²) in [6.45, 7) is 4.52. The average molecular weight is 535 g/mol. The predicted molar refractivity (Wildman–Crippen MR) is 149 cm³/mol. The van der Waals surface area contributed by atoms with Gasteiger partial charge in [0.25, 0.3) is 0 Å². The number of halogens is 2. The Balaban J connectivity index is 1.11. The largest absolute Gasteiger partial charge is 0.371 e. The van der Waals surface area contributed by atoms with Gasteiger partial charge in [-0.2, -0.15) is 0 Å². The van der Waals surface area contributed by atoms with Crippen LogP contribution in [0.25, 0.3) is 0 Å². The lowest BCUT2D eigenvalue weighted by molar-refractivity contribution is -0.126. The standard InChI is InChI=1S/C30H32ClFN4O2/c1-2-30(20-36-19-24(31)7-12-28(36)34-30)29(38)33-18-22-5-10-26(11-6-22)35-15-13-23(14-16-35)27(37)17-21-3-8-25(32)9-4-21/h3-12,19,23H,2,13-18,20H2,1H3,(H,33,38). The number of nitrogens with zero attached hydrogens (tertiary/aromatic N) is 3. The molecule has 1 amide bonds. The molecule has 38 heavy (non-hydrogen) atoms. The zero-order valence-corrected chi connectivity index (χ0v) is 22.3. The molecule has 2 aromatic rings. The van der Waals surface area contributed by atoms with Crippen molar-refractivity contribution in [1.82, 2.24) is 10.2 Å². The number of hydrogen-bond acceptors (Lipinski definition) is 5. The van der Waals surface area contributed by atoms with Crippen molar-refractivity contribution in [3.05, 3.63) is 88.9 Å². The van der Waals surface area contributed by atoms with Crippen LogP contribution in [-0.2, 0) is 22.6 Å². The van der Waals surface area contributed by atoms with E-state index < -0.39 is 5.54 Å². The summed E-state index contributed by atoms with van der Waals surface area (Å²) in [7, 11) is 0. The van der Waals surface area contributed by atoms with Crippen LogP contribution in [0.1, 0.15) is 37.3 Å². The first-order valence-electron chi connectivity index (χ1n) is 13.2. The van der Waals surface area contributed by atoms with E-state index in [1.54, 1.807) is 18.2 Å². The number of hydrogen-bond donors (Lipinski definition) is 1. The lowest BCUT2D eigenvalue weighted by atomic mass is 9.89. The molecule has 0 aromatic heterocycles. The summed E-state index contributed by atoms with van der Waals surface area (Å²) in [5, 5.41) is 3.69. The van der Waals surface area contributed by atoms with Crippen LogP contribution in [0.4, 0.5) is 10.1 Å². The quantitative estimate of drug-likeness (QED) is 0.518. The van der Waals surface area contributed by atoms with Crippen molar-refractivity contribution in [2.75, 3.05) is 24.5 Å². The number of fused-ring (bicyclic) bond motifs is 1. The lowest BCUT2D eigenvalue weighted by Gasteiger charge is -2.33. The van der Waals surface area contributed by atoms with Crippen molar-refractivity contribution >= 4 is 34.8 Å². The number of piperidine rings is 1. The Morgan fingerprint density at radius 2 is 1.74 bits per heavy atom. The molecule has 0 radical (unpaired) electrons. The van der Waals surface area contributed by atoms with Gasteiger partial charge in [0, 0.05) is 43.9 Å². The number of rotatable bonds is 8. The Kier molecular flexibility index (Phi) is 7.65. The topological polar surface area (TPSA) is 65.0 Å². The molecule has 0 saturated carbocycles. The number of benzene rings is 2. The first kappa shape index (κ1) is 26.2. The molecule has 6 nitrogen and oxygen atoms in total. The summed E-state index contributed by atoms with van der Waals surface area (Å²) in [5.41, 5.74) is 2.17. The molecule has 1 N–H and O–H groups in total. The number of carbonyl (C=O) groups excluding carboxylic acids is 2. The maximum absolute atomic E-state index is 13.2. The number of ketones is 1. The van der Waals surface area contributed by atoms with E-state index in [1.165, 1.54) is 12.1 Å². The number of Topliss-reactive ketones (excluding diaryl/α,β-unsaturated/α-hetero) is 1. The highest BCUT2D eigenvalue weighted by molar-refractivity contribution is 6.32. The Bertz CT molecular complexity index is 1280. The second-order valence-electron chi connectivity index (χ2n) is 10.2. The minimum atomic E-state index is -0.823. The van der Waals surface area contributed by atoms with E-state index in [0.717, 1.165) is 48.6 Å². The highest BCUT2D eigenvalue weighted by atomic mass is 35.5. The lowest BCUT2D eigenvalue weighted by Crippen LogP contribution is -2.47. The Morgan fingerprint density at radius 3 is 2.42 bits per heavy atom. The fourth-order valence-electron chi connectivity index (χ4n) is 5.33. The molecule has 8 heteroatoms. The summed E-state index contributed by atoms with van der Waals surface area (Å²) in [6.07, 6.45) is 8.02. The fraction of sp³-hybridized carbons (Fsp3) is 0.367. The molecule has 198 valence electrons. The predicted octanol–water partition coefficient (Wildman–Crippen LogP) is 4.98. The van der Waals surface area contributed by atoms with Gasteiger partial charge in [-0.15, -0.1) is 0 Å². The number of carbonyl (C=O) groups is 2.